The lowest BCUT2D eigenvalue weighted by Crippen LogP contribution is -2.10. The Bertz CT molecular complexity index is 874. The lowest BCUT2D eigenvalue weighted by molar-refractivity contribution is 0.590. The average molecular weight is 299 g/mol. The molecule has 3 rings (SSSR count). The molecule has 0 bridgehead atoms. The van der Waals surface area contributed by atoms with Crippen LogP contribution in [-0.4, -0.2) is 0 Å². The first kappa shape index (κ1) is 15.3. The van der Waals surface area contributed by atoms with Crippen molar-refractivity contribution in [3.05, 3.63) is 71.8 Å². The van der Waals surface area contributed by atoms with Crippen LogP contribution in [0.25, 0.3) is 21.9 Å². The molecule has 3 aromatic rings. The van der Waals surface area contributed by atoms with Gasteiger partial charge in [-0.05, 0) is 38.4 Å². The van der Waals surface area contributed by atoms with E-state index in [0.717, 1.165) is 5.56 Å². The van der Waals surface area contributed by atoms with Crippen molar-refractivity contribution in [3.8, 4) is 17.2 Å². The van der Waals surface area contributed by atoms with Gasteiger partial charge in [0, 0.05) is 0 Å². The lowest BCUT2D eigenvalue weighted by atomic mass is 9.86. The molecule has 1 heteroatoms. The Morgan fingerprint density at radius 2 is 1.48 bits per heavy atom. The highest BCUT2D eigenvalue weighted by atomic mass is 14.2. The molecule has 0 saturated heterocycles. The molecular formula is C22H21N. The zero-order valence-corrected chi connectivity index (χ0v) is 13.9. The summed E-state index contributed by atoms with van der Waals surface area (Å²) in [6, 6.07) is 23.7. The maximum Gasteiger partial charge on any atom is 0.0669 e. The van der Waals surface area contributed by atoms with Gasteiger partial charge in [0.05, 0.1) is 12.5 Å². The number of nitrogens with zero attached hydrogens (tertiary/aromatic N) is 1. The van der Waals surface area contributed by atoms with Crippen molar-refractivity contribution in [3.63, 3.8) is 0 Å². The average Bonchev–Trinajstić information content (AvgIpc) is 2.54. The second-order valence-corrected chi connectivity index (χ2v) is 6.98. The van der Waals surface area contributed by atoms with Gasteiger partial charge in [-0.2, -0.15) is 5.26 Å². The van der Waals surface area contributed by atoms with Crippen molar-refractivity contribution in [1.29, 1.82) is 5.26 Å². The predicted octanol–water partition coefficient (Wildman–Crippen LogP) is 5.87. The first-order valence-electron chi connectivity index (χ1n) is 7.99. The molecule has 0 heterocycles. The molecule has 0 aliphatic rings. The summed E-state index contributed by atoms with van der Waals surface area (Å²) in [4.78, 5) is 0. The van der Waals surface area contributed by atoms with E-state index in [1.807, 2.05) is 12.1 Å². The van der Waals surface area contributed by atoms with E-state index in [-0.39, 0.29) is 5.41 Å². The van der Waals surface area contributed by atoms with Crippen molar-refractivity contribution in [2.75, 3.05) is 0 Å². The van der Waals surface area contributed by atoms with Crippen LogP contribution in [0.4, 0.5) is 0 Å². The zero-order valence-electron chi connectivity index (χ0n) is 13.9. The number of hydrogen-bond donors (Lipinski definition) is 0. The first-order valence-corrected chi connectivity index (χ1v) is 7.99. The summed E-state index contributed by atoms with van der Waals surface area (Å²) < 4.78 is 0. The molecule has 114 valence electrons. The van der Waals surface area contributed by atoms with Crippen molar-refractivity contribution in [2.45, 2.75) is 32.6 Å². The quantitative estimate of drug-likeness (QED) is 0.580. The standard InChI is InChI=1S/C22H21N/c1-22(2,3)18-12-10-17(11-13-18)20-8-5-7-19-16(14-15-23)6-4-9-21(19)20/h4-13H,14H2,1-3H3. The Hall–Kier alpha value is -2.59. The second-order valence-electron chi connectivity index (χ2n) is 6.98. The molecule has 0 saturated carbocycles. The van der Waals surface area contributed by atoms with E-state index in [1.165, 1.54) is 27.5 Å². The molecule has 0 radical (unpaired) electrons. The highest BCUT2D eigenvalue weighted by molar-refractivity contribution is 5.98. The fourth-order valence-corrected chi connectivity index (χ4v) is 3.02. The first-order chi connectivity index (χ1) is 11.0. The van der Waals surface area contributed by atoms with Crippen LogP contribution in [-0.2, 0) is 11.8 Å². The van der Waals surface area contributed by atoms with Crippen LogP contribution in [0.1, 0.15) is 31.9 Å². The summed E-state index contributed by atoms with van der Waals surface area (Å²) >= 11 is 0. The minimum atomic E-state index is 0.164. The largest absolute Gasteiger partial charge is 0.198 e. The van der Waals surface area contributed by atoms with Crippen LogP contribution in [0.5, 0.6) is 0 Å². The summed E-state index contributed by atoms with van der Waals surface area (Å²) in [5, 5.41) is 11.4. The molecule has 23 heavy (non-hydrogen) atoms. The Balaban J connectivity index is 2.14. The molecule has 0 unspecified atom stereocenters. The smallest absolute Gasteiger partial charge is 0.0669 e. The van der Waals surface area contributed by atoms with E-state index in [2.05, 4.69) is 75.4 Å². The van der Waals surface area contributed by atoms with Crippen molar-refractivity contribution < 1.29 is 0 Å². The van der Waals surface area contributed by atoms with Crippen LogP contribution in [0.3, 0.4) is 0 Å². The van der Waals surface area contributed by atoms with Crippen LogP contribution < -0.4 is 0 Å². The van der Waals surface area contributed by atoms with E-state index in [9.17, 15) is 0 Å². The lowest BCUT2D eigenvalue weighted by Gasteiger charge is -2.19. The Kier molecular flexibility index (Phi) is 3.92. The van der Waals surface area contributed by atoms with Gasteiger partial charge in [-0.3, -0.25) is 0 Å². The summed E-state index contributed by atoms with van der Waals surface area (Å²) in [5.41, 5.74) is 5.04. The monoisotopic (exact) mass is 299 g/mol. The highest BCUT2D eigenvalue weighted by Crippen LogP contribution is 2.32. The maximum atomic E-state index is 9.02. The van der Waals surface area contributed by atoms with Crippen LogP contribution in [0.15, 0.2) is 60.7 Å². The molecule has 0 aliphatic heterocycles. The molecule has 0 N–H and O–H groups in total. The minimum absolute atomic E-state index is 0.164. The number of benzene rings is 3. The Morgan fingerprint density at radius 1 is 0.826 bits per heavy atom. The molecule has 0 aromatic heterocycles. The summed E-state index contributed by atoms with van der Waals surface area (Å²) in [5.74, 6) is 0. The predicted molar refractivity (Wildman–Crippen MR) is 97.4 cm³/mol. The molecular weight excluding hydrogens is 278 g/mol. The molecule has 0 spiro atoms. The van der Waals surface area contributed by atoms with E-state index < -0.39 is 0 Å². The topological polar surface area (TPSA) is 23.8 Å². The molecule has 0 aliphatic carbocycles. The van der Waals surface area contributed by atoms with E-state index in [0.29, 0.717) is 6.42 Å². The summed E-state index contributed by atoms with van der Waals surface area (Å²) in [6.45, 7) is 6.69. The van der Waals surface area contributed by atoms with E-state index in [1.54, 1.807) is 0 Å². The van der Waals surface area contributed by atoms with Gasteiger partial charge in [0.25, 0.3) is 0 Å². The van der Waals surface area contributed by atoms with Crippen LogP contribution in [0.2, 0.25) is 0 Å². The molecule has 0 atom stereocenters. The zero-order chi connectivity index (χ0) is 16.4. The third kappa shape index (κ3) is 2.98. The van der Waals surface area contributed by atoms with E-state index >= 15 is 0 Å². The normalized spacial score (nSPS) is 11.4. The van der Waals surface area contributed by atoms with Crippen molar-refractivity contribution in [2.24, 2.45) is 0 Å². The SMILES string of the molecule is CC(C)(C)c1ccc(-c2cccc3c(CC#N)cccc23)cc1. The van der Waals surface area contributed by atoms with Gasteiger partial charge in [0.1, 0.15) is 0 Å². The summed E-state index contributed by atoms with van der Waals surface area (Å²) in [6.07, 6.45) is 0.448. The van der Waals surface area contributed by atoms with E-state index in [4.69, 9.17) is 5.26 Å². The van der Waals surface area contributed by atoms with Gasteiger partial charge in [0.15, 0.2) is 0 Å². The molecule has 1 nitrogen and oxygen atoms in total. The van der Waals surface area contributed by atoms with Crippen LogP contribution >= 0.6 is 0 Å². The Morgan fingerprint density at radius 3 is 2.13 bits per heavy atom. The third-order valence-electron chi connectivity index (χ3n) is 4.34. The van der Waals surface area contributed by atoms with Gasteiger partial charge in [-0.1, -0.05) is 81.4 Å². The number of fused-ring (bicyclic) bond motifs is 1. The van der Waals surface area contributed by atoms with Crippen molar-refractivity contribution in [1.82, 2.24) is 0 Å². The second kappa shape index (κ2) is 5.89. The maximum absolute atomic E-state index is 9.02. The van der Waals surface area contributed by atoms with Gasteiger partial charge in [-0.25, -0.2) is 0 Å². The Labute approximate surface area is 138 Å². The van der Waals surface area contributed by atoms with Gasteiger partial charge in [-0.15, -0.1) is 0 Å². The fourth-order valence-electron chi connectivity index (χ4n) is 3.02. The minimum Gasteiger partial charge on any atom is -0.198 e. The van der Waals surface area contributed by atoms with Gasteiger partial charge in [0.2, 0.25) is 0 Å². The number of hydrogen-bond acceptors (Lipinski definition) is 1. The third-order valence-corrected chi connectivity index (χ3v) is 4.34. The highest BCUT2D eigenvalue weighted by Gasteiger charge is 2.13. The van der Waals surface area contributed by atoms with Crippen molar-refractivity contribution >= 4 is 10.8 Å². The number of rotatable bonds is 2. The molecule has 3 aromatic carbocycles. The molecule has 0 fully saturated rings. The van der Waals surface area contributed by atoms with Gasteiger partial charge >= 0.3 is 0 Å². The van der Waals surface area contributed by atoms with Gasteiger partial charge < -0.3 is 0 Å². The van der Waals surface area contributed by atoms with Crippen LogP contribution in [0, 0.1) is 11.3 Å². The fraction of sp³-hybridized carbons (Fsp3) is 0.227. The molecule has 0 amide bonds. The summed E-state index contributed by atoms with van der Waals surface area (Å²) in [7, 11) is 0. The number of nitriles is 1.